The van der Waals surface area contributed by atoms with Gasteiger partial charge in [0.2, 0.25) is 0 Å². The molecule has 1 aliphatic rings. The fourth-order valence-electron chi connectivity index (χ4n) is 3.42. The van der Waals surface area contributed by atoms with E-state index in [0.717, 1.165) is 0 Å². The minimum atomic E-state index is -1.27. The van der Waals surface area contributed by atoms with Gasteiger partial charge in [0.1, 0.15) is 5.41 Å². The minimum absolute atomic E-state index is 0.00966. The van der Waals surface area contributed by atoms with Crippen LogP contribution >= 0.6 is 0 Å². The summed E-state index contributed by atoms with van der Waals surface area (Å²) in [5.41, 5.74) is 0.365. The number of methoxy groups -OCH3 is 2. The van der Waals surface area contributed by atoms with E-state index in [1.165, 1.54) is 19.1 Å². The van der Waals surface area contributed by atoms with Gasteiger partial charge in [0.15, 0.2) is 5.78 Å². The third-order valence-corrected chi connectivity index (χ3v) is 4.67. The molecule has 134 valence electrons. The molecule has 1 atom stereocenters. The average molecular weight is 353 g/mol. The predicted molar refractivity (Wildman–Crippen MR) is 95.3 cm³/mol. The van der Waals surface area contributed by atoms with Crippen LogP contribution in [0.25, 0.3) is 0 Å². The van der Waals surface area contributed by atoms with Crippen molar-refractivity contribution in [3.63, 3.8) is 0 Å². The van der Waals surface area contributed by atoms with Crippen LogP contribution in [-0.4, -0.2) is 38.6 Å². The maximum absolute atomic E-state index is 12.8. The number of fused-ring (bicyclic) bond motifs is 1. The Morgan fingerprint density at radius 1 is 0.962 bits per heavy atom. The van der Waals surface area contributed by atoms with Crippen LogP contribution in [0, 0.1) is 0 Å². The number of esters is 1. The van der Waals surface area contributed by atoms with Crippen molar-refractivity contribution in [1.29, 1.82) is 0 Å². The normalized spacial score (nSPS) is 18.2. The number of rotatable bonds is 4. The van der Waals surface area contributed by atoms with Gasteiger partial charge >= 0.3 is 12.1 Å². The van der Waals surface area contributed by atoms with Crippen LogP contribution in [0.15, 0.2) is 54.6 Å². The summed E-state index contributed by atoms with van der Waals surface area (Å²) in [6.45, 7) is -0.00966. The summed E-state index contributed by atoms with van der Waals surface area (Å²) in [5.74, 6) is -0.752. The zero-order chi connectivity index (χ0) is 18.7. The van der Waals surface area contributed by atoms with Crippen LogP contribution in [0.4, 0.5) is 10.5 Å². The molecule has 0 N–H and O–H groups in total. The summed E-state index contributed by atoms with van der Waals surface area (Å²) >= 11 is 0. The van der Waals surface area contributed by atoms with E-state index in [1.807, 2.05) is 6.07 Å². The van der Waals surface area contributed by atoms with Gasteiger partial charge in [-0.2, -0.15) is 0 Å². The summed E-state index contributed by atoms with van der Waals surface area (Å²) in [7, 11) is 2.55. The van der Waals surface area contributed by atoms with E-state index < -0.39 is 17.5 Å². The smallest absolute Gasteiger partial charge is 0.414 e. The largest absolute Gasteiger partial charge is 0.468 e. The lowest BCUT2D eigenvalue weighted by Crippen LogP contribution is -2.44. The monoisotopic (exact) mass is 353 g/mol. The molecule has 0 aliphatic carbocycles. The van der Waals surface area contributed by atoms with Gasteiger partial charge in [-0.3, -0.25) is 14.5 Å². The summed E-state index contributed by atoms with van der Waals surface area (Å²) in [4.78, 5) is 39.2. The van der Waals surface area contributed by atoms with E-state index in [0.29, 0.717) is 16.8 Å². The molecule has 0 spiro atoms. The van der Waals surface area contributed by atoms with Crippen LogP contribution in [0.5, 0.6) is 0 Å². The second-order valence-corrected chi connectivity index (χ2v) is 6.11. The zero-order valence-corrected chi connectivity index (χ0v) is 14.6. The lowest BCUT2D eigenvalue weighted by atomic mass is 9.77. The highest BCUT2D eigenvalue weighted by Gasteiger charge is 2.52. The highest BCUT2D eigenvalue weighted by molar-refractivity contribution is 6.04. The average Bonchev–Trinajstić information content (AvgIpc) is 3.03. The Bertz CT molecular complexity index is 848. The summed E-state index contributed by atoms with van der Waals surface area (Å²) in [5, 5.41) is 0. The van der Waals surface area contributed by atoms with Crippen LogP contribution in [0.1, 0.15) is 22.3 Å². The molecule has 6 nitrogen and oxygen atoms in total. The van der Waals surface area contributed by atoms with Gasteiger partial charge in [0.05, 0.1) is 26.5 Å². The van der Waals surface area contributed by atoms with Crippen LogP contribution < -0.4 is 4.90 Å². The molecule has 2 aromatic carbocycles. The molecule has 0 saturated heterocycles. The van der Waals surface area contributed by atoms with E-state index in [2.05, 4.69) is 0 Å². The highest BCUT2D eigenvalue weighted by Crippen LogP contribution is 2.44. The standard InChI is InChI=1S/C20H19NO5/c1-25-18(23)20(12-17(22)14-8-4-3-5-9-14)13-21(19(24)26-2)16-11-7-6-10-15(16)20/h3-11H,12-13H2,1-2H3. The zero-order valence-electron chi connectivity index (χ0n) is 14.6. The SMILES string of the molecule is COC(=O)N1CC(CC(=O)c2ccccc2)(C(=O)OC)c2ccccc21. The van der Waals surface area contributed by atoms with Crippen LogP contribution in [0.2, 0.25) is 0 Å². The van der Waals surface area contributed by atoms with Crippen LogP contribution in [-0.2, 0) is 19.7 Å². The number of anilines is 1. The third-order valence-electron chi connectivity index (χ3n) is 4.67. The molecule has 0 saturated carbocycles. The van der Waals surface area contributed by atoms with Gasteiger partial charge in [0.25, 0.3) is 0 Å². The number of ether oxygens (including phenoxy) is 2. The molecular formula is C20H19NO5. The number of ketones is 1. The number of benzene rings is 2. The van der Waals surface area contributed by atoms with Crippen molar-refractivity contribution in [2.75, 3.05) is 25.7 Å². The molecule has 1 unspecified atom stereocenters. The Morgan fingerprint density at radius 3 is 2.27 bits per heavy atom. The van der Waals surface area contributed by atoms with Gasteiger partial charge < -0.3 is 9.47 Å². The second-order valence-electron chi connectivity index (χ2n) is 6.11. The van der Waals surface area contributed by atoms with Crippen molar-refractivity contribution in [2.45, 2.75) is 11.8 Å². The molecule has 0 fully saturated rings. The first kappa shape index (κ1) is 17.7. The van der Waals surface area contributed by atoms with Crippen molar-refractivity contribution in [3.8, 4) is 0 Å². The lowest BCUT2D eigenvalue weighted by Gasteiger charge is -2.26. The Morgan fingerprint density at radius 2 is 1.62 bits per heavy atom. The number of hydrogen-bond acceptors (Lipinski definition) is 5. The summed E-state index contributed by atoms with van der Waals surface area (Å²) in [6, 6.07) is 15.8. The first-order valence-corrected chi connectivity index (χ1v) is 8.15. The fourth-order valence-corrected chi connectivity index (χ4v) is 3.42. The summed E-state index contributed by atoms with van der Waals surface area (Å²) < 4.78 is 9.86. The number of carbonyl (C=O) groups is 3. The first-order valence-electron chi connectivity index (χ1n) is 8.15. The maximum Gasteiger partial charge on any atom is 0.414 e. The molecular weight excluding hydrogens is 334 g/mol. The lowest BCUT2D eigenvalue weighted by molar-refractivity contribution is -0.146. The van der Waals surface area contributed by atoms with Crippen molar-refractivity contribution in [3.05, 3.63) is 65.7 Å². The molecule has 0 aromatic heterocycles. The summed E-state index contributed by atoms with van der Waals surface area (Å²) in [6.07, 6.45) is -0.691. The maximum atomic E-state index is 12.8. The molecule has 6 heteroatoms. The van der Waals surface area contributed by atoms with Crippen molar-refractivity contribution < 1.29 is 23.9 Å². The Hall–Kier alpha value is -3.15. The number of Topliss-reactive ketones (excluding diaryl/α,β-unsaturated/α-hetero) is 1. The number of carbonyl (C=O) groups excluding carboxylic acids is 3. The minimum Gasteiger partial charge on any atom is -0.468 e. The second kappa shape index (κ2) is 7.00. The van der Waals surface area contributed by atoms with E-state index in [4.69, 9.17) is 9.47 Å². The molecule has 26 heavy (non-hydrogen) atoms. The van der Waals surface area contributed by atoms with Crippen molar-refractivity contribution >= 4 is 23.5 Å². The number of para-hydroxylation sites is 1. The van der Waals surface area contributed by atoms with Gasteiger partial charge in [-0.25, -0.2) is 4.79 Å². The predicted octanol–water partition coefficient (Wildman–Crippen LogP) is 2.96. The molecule has 1 amide bonds. The molecule has 1 heterocycles. The Kier molecular flexibility index (Phi) is 4.75. The van der Waals surface area contributed by atoms with Gasteiger partial charge in [-0.15, -0.1) is 0 Å². The Labute approximate surface area is 151 Å². The molecule has 0 bridgehead atoms. The van der Waals surface area contributed by atoms with Gasteiger partial charge in [0, 0.05) is 12.0 Å². The first-order chi connectivity index (χ1) is 12.5. The number of amides is 1. The van der Waals surface area contributed by atoms with Crippen LogP contribution in [0.3, 0.4) is 0 Å². The number of hydrogen-bond donors (Lipinski definition) is 0. The Balaban J connectivity index is 2.07. The van der Waals surface area contributed by atoms with E-state index >= 15 is 0 Å². The molecule has 3 rings (SSSR count). The molecule has 1 aliphatic heterocycles. The molecule has 2 aromatic rings. The van der Waals surface area contributed by atoms with Gasteiger partial charge in [-0.05, 0) is 11.6 Å². The topological polar surface area (TPSA) is 72.9 Å². The van der Waals surface area contributed by atoms with E-state index in [-0.39, 0.29) is 18.7 Å². The quantitative estimate of drug-likeness (QED) is 0.624. The van der Waals surface area contributed by atoms with Gasteiger partial charge in [-0.1, -0.05) is 48.5 Å². The third kappa shape index (κ3) is 2.83. The van der Waals surface area contributed by atoms with E-state index in [9.17, 15) is 14.4 Å². The molecule has 0 radical (unpaired) electrons. The highest BCUT2D eigenvalue weighted by atomic mass is 16.5. The van der Waals surface area contributed by atoms with Crippen molar-refractivity contribution in [1.82, 2.24) is 0 Å². The number of nitrogens with zero attached hydrogens (tertiary/aromatic N) is 1. The fraction of sp³-hybridized carbons (Fsp3) is 0.250. The van der Waals surface area contributed by atoms with E-state index in [1.54, 1.807) is 48.5 Å². The van der Waals surface area contributed by atoms with Crippen molar-refractivity contribution in [2.24, 2.45) is 0 Å².